The van der Waals surface area contributed by atoms with Gasteiger partial charge >= 0.3 is 0 Å². The van der Waals surface area contributed by atoms with Crippen molar-refractivity contribution in [2.75, 3.05) is 32.2 Å². The first-order chi connectivity index (χ1) is 8.54. The summed E-state index contributed by atoms with van der Waals surface area (Å²) < 4.78 is 5.06. The van der Waals surface area contributed by atoms with Crippen LogP contribution in [-0.4, -0.2) is 38.3 Å². The van der Waals surface area contributed by atoms with Gasteiger partial charge < -0.3 is 15.0 Å². The van der Waals surface area contributed by atoms with E-state index >= 15 is 0 Å². The number of hydrogen-bond donors (Lipinski definition) is 1. The zero-order chi connectivity index (χ0) is 13.5. The molecular weight excluding hydrogens is 250 g/mol. The molecular formula is C13H22ClN3O. The predicted molar refractivity (Wildman–Crippen MR) is 76.4 cm³/mol. The fourth-order valence-corrected chi connectivity index (χ4v) is 1.63. The summed E-state index contributed by atoms with van der Waals surface area (Å²) in [5.41, 5.74) is 0.882. The van der Waals surface area contributed by atoms with Gasteiger partial charge in [-0.2, -0.15) is 0 Å². The maximum absolute atomic E-state index is 6.14. The largest absolute Gasteiger partial charge is 0.383 e. The lowest BCUT2D eigenvalue weighted by atomic mass is 10.3. The number of nitrogens with one attached hydrogen (secondary N) is 1. The Balaban J connectivity index is 2.73. The molecule has 0 saturated carbocycles. The summed E-state index contributed by atoms with van der Waals surface area (Å²) in [6.45, 7) is 6.37. The minimum absolute atomic E-state index is 0.415. The van der Waals surface area contributed by atoms with Gasteiger partial charge in [-0.15, -0.1) is 0 Å². The Labute approximate surface area is 114 Å². The topological polar surface area (TPSA) is 37.4 Å². The normalized spacial score (nSPS) is 11.0. The van der Waals surface area contributed by atoms with E-state index in [1.54, 1.807) is 7.11 Å². The van der Waals surface area contributed by atoms with Crippen molar-refractivity contribution in [1.82, 2.24) is 10.3 Å². The van der Waals surface area contributed by atoms with Gasteiger partial charge in [0.05, 0.1) is 17.3 Å². The molecule has 1 N–H and O–H groups in total. The van der Waals surface area contributed by atoms with Crippen LogP contribution in [0.15, 0.2) is 12.1 Å². The minimum Gasteiger partial charge on any atom is -0.383 e. The summed E-state index contributed by atoms with van der Waals surface area (Å²) in [7, 11) is 3.69. The van der Waals surface area contributed by atoms with Crippen LogP contribution in [0.25, 0.3) is 0 Å². The molecule has 0 atom stereocenters. The van der Waals surface area contributed by atoms with Crippen LogP contribution < -0.4 is 10.2 Å². The maximum atomic E-state index is 6.14. The molecule has 0 aromatic carbocycles. The van der Waals surface area contributed by atoms with Crippen LogP contribution in [0.2, 0.25) is 5.02 Å². The molecule has 4 nitrogen and oxygen atoms in total. The zero-order valence-corrected chi connectivity index (χ0v) is 12.3. The Hall–Kier alpha value is -0.840. The summed E-state index contributed by atoms with van der Waals surface area (Å²) in [5.74, 6) is 0.914. The van der Waals surface area contributed by atoms with Gasteiger partial charge in [-0.3, -0.25) is 0 Å². The third-order valence-corrected chi connectivity index (χ3v) is 2.95. The number of hydrogen-bond acceptors (Lipinski definition) is 4. The molecule has 0 amide bonds. The number of anilines is 1. The number of pyridine rings is 1. The standard InChI is InChI=1S/C13H22ClN3O/c1-10(2)15-9-12-11(14)5-6-13(16-12)17(3)7-8-18-4/h5-6,10,15H,7-9H2,1-4H3. The zero-order valence-electron chi connectivity index (χ0n) is 11.5. The number of methoxy groups -OCH3 is 1. The van der Waals surface area contributed by atoms with Crippen molar-refractivity contribution >= 4 is 17.4 Å². The van der Waals surface area contributed by atoms with Gasteiger partial charge in [0, 0.05) is 33.3 Å². The molecule has 0 unspecified atom stereocenters. The average Bonchev–Trinajstić information content (AvgIpc) is 2.34. The third kappa shape index (κ3) is 4.80. The van der Waals surface area contributed by atoms with Crippen LogP contribution in [0.3, 0.4) is 0 Å². The molecule has 1 aromatic rings. The van der Waals surface area contributed by atoms with Crippen molar-refractivity contribution in [2.45, 2.75) is 26.4 Å². The molecule has 102 valence electrons. The van der Waals surface area contributed by atoms with Gasteiger partial charge in [0.2, 0.25) is 0 Å². The molecule has 1 heterocycles. The minimum atomic E-state index is 0.415. The molecule has 5 heteroatoms. The quantitative estimate of drug-likeness (QED) is 0.826. The van der Waals surface area contributed by atoms with E-state index in [0.29, 0.717) is 24.2 Å². The Morgan fingerprint density at radius 2 is 2.17 bits per heavy atom. The highest BCUT2D eigenvalue weighted by atomic mass is 35.5. The fraction of sp³-hybridized carbons (Fsp3) is 0.615. The van der Waals surface area contributed by atoms with E-state index in [1.807, 2.05) is 19.2 Å². The van der Waals surface area contributed by atoms with Crippen molar-refractivity contribution in [2.24, 2.45) is 0 Å². The summed E-state index contributed by atoms with van der Waals surface area (Å²) in [6.07, 6.45) is 0. The van der Waals surface area contributed by atoms with Crippen LogP contribution in [0.4, 0.5) is 5.82 Å². The number of ether oxygens (including phenoxy) is 1. The summed E-state index contributed by atoms with van der Waals surface area (Å²) in [5, 5.41) is 4.02. The number of rotatable bonds is 7. The molecule has 0 fully saturated rings. The van der Waals surface area contributed by atoms with Crippen LogP contribution in [0.5, 0.6) is 0 Å². The van der Waals surface area contributed by atoms with E-state index in [2.05, 4.69) is 29.0 Å². The van der Waals surface area contributed by atoms with Crippen molar-refractivity contribution in [3.8, 4) is 0 Å². The highest BCUT2D eigenvalue weighted by molar-refractivity contribution is 6.31. The average molecular weight is 272 g/mol. The van der Waals surface area contributed by atoms with Crippen molar-refractivity contribution < 1.29 is 4.74 Å². The maximum Gasteiger partial charge on any atom is 0.128 e. The molecule has 0 aliphatic carbocycles. The lowest BCUT2D eigenvalue weighted by molar-refractivity contribution is 0.206. The number of nitrogens with zero attached hydrogens (tertiary/aromatic N) is 2. The highest BCUT2D eigenvalue weighted by Gasteiger charge is 2.07. The van der Waals surface area contributed by atoms with Gasteiger partial charge in [0.25, 0.3) is 0 Å². The lowest BCUT2D eigenvalue weighted by Gasteiger charge is -2.19. The van der Waals surface area contributed by atoms with Crippen LogP contribution in [-0.2, 0) is 11.3 Å². The molecule has 0 aliphatic heterocycles. The van der Waals surface area contributed by atoms with Crippen molar-refractivity contribution in [1.29, 1.82) is 0 Å². The Morgan fingerprint density at radius 3 is 2.78 bits per heavy atom. The van der Waals surface area contributed by atoms with E-state index in [1.165, 1.54) is 0 Å². The smallest absolute Gasteiger partial charge is 0.128 e. The predicted octanol–water partition coefficient (Wildman–Crippen LogP) is 2.32. The van der Waals surface area contributed by atoms with Crippen LogP contribution in [0.1, 0.15) is 19.5 Å². The molecule has 1 aromatic heterocycles. The van der Waals surface area contributed by atoms with Crippen molar-refractivity contribution in [3.05, 3.63) is 22.8 Å². The number of likely N-dealkylation sites (N-methyl/N-ethyl adjacent to an activating group) is 1. The monoisotopic (exact) mass is 271 g/mol. The Morgan fingerprint density at radius 1 is 1.44 bits per heavy atom. The van der Waals surface area contributed by atoms with E-state index in [-0.39, 0.29) is 0 Å². The molecule has 0 saturated heterocycles. The molecule has 1 rings (SSSR count). The summed E-state index contributed by atoms with van der Waals surface area (Å²) in [4.78, 5) is 6.63. The first-order valence-electron chi connectivity index (χ1n) is 6.13. The number of halogens is 1. The molecule has 0 spiro atoms. The van der Waals surface area contributed by atoms with E-state index in [0.717, 1.165) is 18.1 Å². The second kappa shape index (κ2) is 7.56. The van der Waals surface area contributed by atoms with Gasteiger partial charge in [0.15, 0.2) is 0 Å². The fourth-order valence-electron chi connectivity index (χ4n) is 1.45. The highest BCUT2D eigenvalue weighted by Crippen LogP contribution is 2.18. The van der Waals surface area contributed by atoms with E-state index in [4.69, 9.17) is 16.3 Å². The summed E-state index contributed by atoms with van der Waals surface area (Å²) in [6, 6.07) is 4.24. The first kappa shape index (κ1) is 15.2. The lowest BCUT2D eigenvalue weighted by Crippen LogP contribution is -2.25. The molecule has 0 radical (unpaired) electrons. The second-order valence-electron chi connectivity index (χ2n) is 4.55. The molecule has 18 heavy (non-hydrogen) atoms. The van der Waals surface area contributed by atoms with Gasteiger partial charge in [-0.25, -0.2) is 4.98 Å². The molecule has 0 bridgehead atoms. The Bertz CT molecular complexity index is 371. The Kier molecular flexibility index (Phi) is 6.39. The van der Waals surface area contributed by atoms with E-state index in [9.17, 15) is 0 Å². The third-order valence-electron chi connectivity index (χ3n) is 2.60. The number of aromatic nitrogens is 1. The first-order valence-corrected chi connectivity index (χ1v) is 6.51. The summed E-state index contributed by atoms with van der Waals surface area (Å²) >= 11 is 6.14. The van der Waals surface area contributed by atoms with Gasteiger partial charge in [-0.05, 0) is 12.1 Å². The van der Waals surface area contributed by atoms with Gasteiger partial charge in [-0.1, -0.05) is 25.4 Å². The SMILES string of the molecule is COCCN(C)c1ccc(Cl)c(CNC(C)C)n1. The van der Waals surface area contributed by atoms with Crippen LogP contribution in [0, 0.1) is 0 Å². The van der Waals surface area contributed by atoms with Gasteiger partial charge in [0.1, 0.15) is 5.82 Å². The van der Waals surface area contributed by atoms with E-state index < -0.39 is 0 Å². The van der Waals surface area contributed by atoms with Crippen LogP contribution >= 0.6 is 11.6 Å². The second-order valence-corrected chi connectivity index (χ2v) is 4.96. The molecule has 0 aliphatic rings. The van der Waals surface area contributed by atoms with Crippen molar-refractivity contribution in [3.63, 3.8) is 0 Å².